The molecule has 2 aromatic rings. The van der Waals surface area contributed by atoms with Crippen LogP contribution in [-0.2, 0) is 6.42 Å². The first-order valence-corrected chi connectivity index (χ1v) is 6.03. The number of carbonyl (C=O) groups excluding carboxylic acids is 1. The molecule has 0 bridgehead atoms. The number of hydrogen-bond donors (Lipinski definition) is 1. The molecular formula is C15H14O3. The fourth-order valence-electron chi connectivity index (χ4n) is 2.73. The van der Waals surface area contributed by atoms with E-state index in [1.165, 1.54) is 6.92 Å². The number of phenolic OH excluding ortho intramolecular Hbond substituents is 1. The first kappa shape index (κ1) is 11.1. The van der Waals surface area contributed by atoms with Crippen LogP contribution in [0, 0.1) is 0 Å². The van der Waals surface area contributed by atoms with Crippen LogP contribution in [0.15, 0.2) is 24.3 Å². The molecule has 3 heteroatoms. The van der Waals surface area contributed by atoms with Gasteiger partial charge in [0.05, 0.1) is 11.7 Å². The maximum atomic E-state index is 11.7. The minimum Gasteiger partial charge on any atom is -0.507 e. The van der Waals surface area contributed by atoms with Crippen molar-refractivity contribution >= 4 is 16.6 Å². The van der Waals surface area contributed by atoms with E-state index in [0.29, 0.717) is 12.0 Å². The molecule has 0 saturated heterocycles. The summed E-state index contributed by atoms with van der Waals surface area (Å²) in [6.07, 6.45) is 0.666. The van der Waals surface area contributed by atoms with Crippen molar-refractivity contribution in [2.45, 2.75) is 26.4 Å². The van der Waals surface area contributed by atoms with Crippen molar-refractivity contribution < 1.29 is 14.6 Å². The molecule has 0 aromatic heterocycles. The van der Waals surface area contributed by atoms with Gasteiger partial charge in [-0.1, -0.05) is 12.1 Å². The van der Waals surface area contributed by atoms with Crippen LogP contribution in [-0.4, -0.2) is 17.0 Å². The van der Waals surface area contributed by atoms with Crippen LogP contribution in [0.4, 0.5) is 0 Å². The van der Waals surface area contributed by atoms with Gasteiger partial charge < -0.3 is 9.84 Å². The molecule has 92 valence electrons. The maximum absolute atomic E-state index is 11.7. The number of ketones is 1. The third kappa shape index (κ3) is 1.47. The van der Waals surface area contributed by atoms with E-state index in [1.54, 1.807) is 6.07 Å². The largest absolute Gasteiger partial charge is 0.507 e. The normalized spacial score (nSPS) is 17.6. The predicted molar refractivity (Wildman–Crippen MR) is 69.4 cm³/mol. The van der Waals surface area contributed by atoms with Gasteiger partial charge in [0.15, 0.2) is 5.78 Å². The Morgan fingerprint density at radius 1 is 1.44 bits per heavy atom. The number of phenols is 1. The Morgan fingerprint density at radius 3 is 2.94 bits per heavy atom. The fraction of sp³-hybridized carbons (Fsp3) is 0.267. The minimum absolute atomic E-state index is 0.0167. The summed E-state index contributed by atoms with van der Waals surface area (Å²) < 4.78 is 5.79. The Balaban J connectivity index is 2.46. The van der Waals surface area contributed by atoms with Crippen molar-refractivity contribution in [3.05, 3.63) is 35.4 Å². The maximum Gasteiger partial charge on any atom is 0.163 e. The molecule has 3 nitrogen and oxygen atoms in total. The number of benzene rings is 2. The smallest absolute Gasteiger partial charge is 0.163 e. The summed E-state index contributed by atoms with van der Waals surface area (Å²) in [6.45, 7) is 3.45. The highest BCUT2D eigenvalue weighted by atomic mass is 16.5. The van der Waals surface area contributed by atoms with Crippen molar-refractivity contribution in [1.29, 1.82) is 0 Å². The number of aromatic hydroxyl groups is 1. The highest BCUT2D eigenvalue weighted by Gasteiger charge is 2.25. The van der Waals surface area contributed by atoms with Crippen LogP contribution in [0.3, 0.4) is 0 Å². The van der Waals surface area contributed by atoms with Crippen molar-refractivity contribution in [1.82, 2.24) is 0 Å². The van der Waals surface area contributed by atoms with E-state index in [2.05, 4.69) is 0 Å². The van der Waals surface area contributed by atoms with Crippen molar-refractivity contribution in [3.8, 4) is 11.5 Å². The molecular weight excluding hydrogens is 228 g/mol. The topological polar surface area (TPSA) is 46.5 Å². The number of ether oxygens (including phenoxy) is 1. The summed E-state index contributed by atoms with van der Waals surface area (Å²) in [5.41, 5.74) is 1.34. The molecule has 18 heavy (non-hydrogen) atoms. The van der Waals surface area contributed by atoms with Gasteiger partial charge in [-0.25, -0.2) is 0 Å². The lowest BCUT2D eigenvalue weighted by Gasteiger charge is -2.25. The Hall–Kier alpha value is -2.03. The lowest BCUT2D eigenvalue weighted by atomic mass is 9.90. The summed E-state index contributed by atoms with van der Waals surface area (Å²) >= 11 is 0. The van der Waals surface area contributed by atoms with Crippen molar-refractivity contribution in [2.24, 2.45) is 0 Å². The number of Topliss-reactive ketones (excluding diaryl/α,β-unsaturated/α-hetero) is 1. The van der Waals surface area contributed by atoms with Gasteiger partial charge >= 0.3 is 0 Å². The first-order valence-electron chi connectivity index (χ1n) is 6.03. The monoisotopic (exact) mass is 242 g/mol. The number of carbonyl (C=O) groups is 1. The molecule has 0 amide bonds. The van der Waals surface area contributed by atoms with E-state index < -0.39 is 0 Å². The van der Waals surface area contributed by atoms with Crippen molar-refractivity contribution in [2.75, 3.05) is 0 Å². The predicted octanol–water partition coefficient (Wildman–Crippen LogP) is 3.07. The zero-order valence-electron chi connectivity index (χ0n) is 10.4. The van der Waals surface area contributed by atoms with Gasteiger partial charge in [0.1, 0.15) is 11.5 Å². The molecule has 0 aliphatic carbocycles. The second-order valence-electron chi connectivity index (χ2n) is 4.79. The highest BCUT2D eigenvalue weighted by Crippen LogP contribution is 2.40. The van der Waals surface area contributed by atoms with Gasteiger partial charge in [-0.05, 0) is 36.9 Å². The lowest BCUT2D eigenvalue weighted by Crippen LogP contribution is -2.21. The van der Waals surface area contributed by atoms with E-state index in [4.69, 9.17) is 4.74 Å². The van der Waals surface area contributed by atoms with E-state index in [0.717, 1.165) is 22.1 Å². The molecule has 0 spiro atoms. The van der Waals surface area contributed by atoms with Gasteiger partial charge in [0.25, 0.3) is 0 Å². The molecule has 0 fully saturated rings. The van der Waals surface area contributed by atoms with E-state index >= 15 is 0 Å². The Labute approximate surface area is 105 Å². The Bertz CT molecular complexity index is 658. The van der Waals surface area contributed by atoms with Crippen LogP contribution in [0.25, 0.3) is 10.8 Å². The zero-order valence-corrected chi connectivity index (χ0v) is 10.4. The molecule has 2 aromatic carbocycles. The Kier molecular flexibility index (Phi) is 2.30. The third-order valence-electron chi connectivity index (χ3n) is 3.38. The molecule has 0 radical (unpaired) electrons. The average Bonchev–Trinajstić information content (AvgIpc) is 2.27. The molecule has 1 aliphatic rings. The Morgan fingerprint density at radius 2 is 2.22 bits per heavy atom. The molecule has 1 N–H and O–H groups in total. The molecule has 0 saturated carbocycles. The van der Waals surface area contributed by atoms with Crippen molar-refractivity contribution in [3.63, 3.8) is 0 Å². The van der Waals surface area contributed by atoms with Gasteiger partial charge in [0.2, 0.25) is 0 Å². The lowest BCUT2D eigenvalue weighted by molar-refractivity contribution is 0.101. The molecule has 1 atom stereocenters. The average molecular weight is 242 g/mol. The van der Waals surface area contributed by atoms with Crippen LogP contribution in [0.1, 0.15) is 29.8 Å². The zero-order chi connectivity index (χ0) is 12.9. The van der Waals surface area contributed by atoms with Gasteiger partial charge in [0, 0.05) is 11.8 Å². The van der Waals surface area contributed by atoms with Crippen LogP contribution in [0.2, 0.25) is 0 Å². The fourth-order valence-corrected chi connectivity index (χ4v) is 2.73. The van der Waals surface area contributed by atoms with E-state index in [9.17, 15) is 9.90 Å². The SMILES string of the molecule is CC(=O)c1c(O)cc2cccc3c2c1C[C@H](C)O3. The summed E-state index contributed by atoms with van der Waals surface area (Å²) in [4.78, 5) is 11.7. The molecule has 0 unspecified atom stereocenters. The van der Waals surface area contributed by atoms with Crippen LogP contribution < -0.4 is 4.74 Å². The minimum atomic E-state index is -0.103. The van der Waals surface area contributed by atoms with Gasteiger partial charge in [-0.2, -0.15) is 0 Å². The van der Waals surface area contributed by atoms with Crippen LogP contribution >= 0.6 is 0 Å². The second-order valence-corrected chi connectivity index (χ2v) is 4.79. The molecule has 3 rings (SSSR count). The molecule has 1 aliphatic heterocycles. The molecule has 1 heterocycles. The highest BCUT2D eigenvalue weighted by molar-refractivity contribution is 6.06. The third-order valence-corrected chi connectivity index (χ3v) is 3.38. The summed E-state index contributed by atoms with van der Waals surface area (Å²) in [5, 5.41) is 11.9. The van der Waals surface area contributed by atoms with Gasteiger partial charge in [-0.15, -0.1) is 0 Å². The summed E-state index contributed by atoms with van der Waals surface area (Å²) in [6, 6.07) is 7.36. The van der Waals surface area contributed by atoms with Crippen LogP contribution in [0.5, 0.6) is 11.5 Å². The first-order chi connectivity index (χ1) is 8.58. The quantitative estimate of drug-likeness (QED) is 0.782. The van der Waals surface area contributed by atoms with Gasteiger partial charge in [-0.3, -0.25) is 4.79 Å². The number of hydrogen-bond acceptors (Lipinski definition) is 3. The summed E-state index contributed by atoms with van der Waals surface area (Å²) in [7, 11) is 0. The van der Waals surface area contributed by atoms with E-state index in [1.807, 2.05) is 25.1 Å². The van der Waals surface area contributed by atoms with E-state index in [-0.39, 0.29) is 17.6 Å². The second kappa shape index (κ2) is 3.73. The number of rotatable bonds is 1. The standard InChI is InChI=1S/C15H14O3/c1-8-6-11-14(9(2)16)12(17)7-10-4-3-5-13(18-8)15(10)11/h3-5,7-8,17H,6H2,1-2H3/t8-/m0/s1. The summed E-state index contributed by atoms with van der Waals surface area (Å²) in [5.74, 6) is 0.758.